The first-order chi connectivity index (χ1) is 11.9. The molecule has 11 nitrogen and oxygen atoms in total. The maximum Gasteiger partial charge on any atom is 0.417 e. The van der Waals surface area contributed by atoms with Gasteiger partial charge in [-0.25, -0.2) is 9.59 Å². The summed E-state index contributed by atoms with van der Waals surface area (Å²) in [6, 6.07) is 4.41. The number of nitrogens with zero attached hydrogens (tertiary/aromatic N) is 4. The van der Waals surface area contributed by atoms with Crippen LogP contribution in [0.1, 0.15) is 0 Å². The fourth-order valence-corrected chi connectivity index (χ4v) is 2.01. The minimum atomic E-state index is -0.563. The Bertz CT molecular complexity index is 984. The predicted octanol–water partition coefficient (Wildman–Crippen LogP) is 0.445. The van der Waals surface area contributed by atoms with Crippen molar-refractivity contribution in [1.29, 1.82) is 0 Å². The minimum Gasteiger partial charge on any atom is -0.408 e. The second-order valence-corrected chi connectivity index (χ2v) is 5.36. The number of fused-ring (bicyclic) bond motifs is 1. The fourth-order valence-electron chi connectivity index (χ4n) is 2.01. The molecule has 2 heterocycles. The average molecular weight is 345 g/mol. The number of aromatic nitrogens is 4. The Balaban J connectivity index is 1.62. The van der Waals surface area contributed by atoms with Gasteiger partial charge >= 0.3 is 11.8 Å². The lowest BCUT2D eigenvalue weighted by Crippen LogP contribution is -2.27. The molecule has 1 aromatic carbocycles. The van der Waals surface area contributed by atoms with E-state index >= 15 is 0 Å². The summed E-state index contributed by atoms with van der Waals surface area (Å²) < 4.78 is 4.89. The van der Waals surface area contributed by atoms with Crippen LogP contribution in [0.25, 0.3) is 11.1 Å². The normalized spacial score (nSPS) is 10.6. The second-order valence-electron chi connectivity index (χ2n) is 5.36. The Morgan fingerprint density at radius 1 is 1.32 bits per heavy atom. The van der Waals surface area contributed by atoms with E-state index in [-0.39, 0.29) is 24.3 Å². The maximum atomic E-state index is 12.1. The molecule has 0 atom stereocenters. The molecule has 3 amide bonds. The Labute approximate surface area is 140 Å². The number of amides is 3. The van der Waals surface area contributed by atoms with Gasteiger partial charge < -0.3 is 14.6 Å². The van der Waals surface area contributed by atoms with Crippen molar-refractivity contribution in [3.63, 3.8) is 0 Å². The molecule has 0 spiro atoms. The lowest BCUT2D eigenvalue weighted by atomic mass is 10.3. The first kappa shape index (κ1) is 16.2. The van der Waals surface area contributed by atoms with Crippen LogP contribution in [0, 0.1) is 0 Å². The smallest absolute Gasteiger partial charge is 0.408 e. The minimum absolute atomic E-state index is 0.141. The van der Waals surface area contributed by atoms with Gasteiger partial charge in [0.1, 0.15) is 6.54 Å². The van der Waals surface area contributed by atoms with Gasteiger partial charge in [0.15, 0.2) is 11.4 Å². The van der Waals surface area contributed by atoms with Crippen LogP contribution < -0.4 is 16.4 Å². The number of oxazole rings is 1. The van der Waals surface area contributed by atoms with E-state index < -0.39 is 5.76 Å². The van der Waals surface area contributed by atoms with Gasteiger partial charge in [-0.1, -0.05) is 0 Å². The van der Waals surface area contributed by atoms with Crippen molar-refractivity contribution >= 4 is 34.5 Å². The van der Waals surface area contributed by atoms with E-state index in [0.29, 0.717) is 16.8 Å². The highest BCUT2D eigenvalue weighted by atomic mass is 16.4. The van der Waals surface area contributed by atoms with Crippen LogP contribution in [0.4, 0.5) is 16.3 Å². The molecule has 0 radical (unpaired) electrons. The van der Waals surface area contributed by atoms with E-state index in [1.54, 1.807) is 32.3 Å². The van der Waals surface area contributed by atoms with Crippen molar-refractivity contribution in [1.82, 2.24) is 24.9 Å². The first-order valence-electron chi connectivity index (χ1n) is 7.22. The zero-order valence-corrected chi connectivity index (χ0v) is 13.4. The molecule has 0 fully saturated rings. The van der Waals surface area contributed by atoms with E-state index in [9.17, 15) is 14.4 Å². The molecular weight excluding hydrogens is 330 g/mol. The Hall–Kier alpha value is -3.63. The number of hydrogen-bond donors (Lipinski definition) is 3. The Kier molecular flexibility index (Phi) is 4.20. The molecule has 0 aliphatic carbocycles. The van der Waals surface area contributed by atoms with Gasteiger partial charge in [-0.05, 0) is 18.2 Å². The molecule has 3 N–H and O–H groups in total. The third-order valence-electron chi connectivity index (χ3n) is 3.17. The Morgan fingerprint density at radius 2 is 2.12 bits per heavy atom. The molecular formula is C14H15N7O4. The zero-order chi connectivity index (χ0) is 18.0. The van der Waals surface area contributed by atoms with Crippen LogP contribution in [0.3, 0.4) is 0 Å². The lowest BCUT2D eigenvalue weighted by molar-refractivity contribution is -0.117. The van der Waals surface area contributed by atoms with Crippen LogP contribution in [0.5, 0.6) is 0 Å². The molecule has 0 saturated heterocycles. The topological polar surface area (TPSA) is 138 Å². The van der Waals surface area contributed by atoms with Crippen molar-refractivity contribution in [3.8, 4) is 0 Å². The summed E-state index contributed by atoms with van der Waals surface area (Å²) in [5.74, 6) is -0.693. The van der Waals surface area contributed by atoms with Gasteiger partial charge in [-0.2, -0.15) is 9.90 Å². The summed E-state index contributed by atoms with van der Waals surface area (Å²) in [7, 11) is 3.19. The number of anilines is 2. The van der Waals surface area contributed by atoms with Crippen molar-refractivity contribution in [3.05, 3.63) is 34.9 Å². The van der Waals surface area contributed by atoms with Crippen LogP contribution in [0.2, 0.25) is 0 Å². The number of H-pyrrole nitrogens is 1. The van der Waals surface area contributed by atoms with Crippen LogP contribution in [-0.2, 0) is 11.3 Å². The van der Waals surface area contributed by atoms with E-state index in [4.69, 9.17) is 4.42 Å². The molecule has 3 rings (SSSR count). The van der Waals surface area contributed by atoms with E-state index in [1.807, 2.05) is 0 Å². The number of urea groups is 1. The quantitative estimate of drug-likeness (QED) is 0.627. The standard InChI is InChI=1S/C14H15N7O4/c1-20(2)13(23)18-11-6-15-21(19-11)7-12(22)16-8-3-4-10-9(5-8)17-14(24)25-10/h3-6H,7H2,1-2H3,(H,16,22)(H,17,24)(H,18,19,23). The highest BCUT2D eigenvalue weighted by Crippen LogP contribution is 2.16. The first-order valence-corrected chi connectivity index (χ1v) is 7.22. The number of hydrogen-bond acceptors (Lipinski definition) is 6. The number of aromatic amines is 1. The molecule has 130 valence electrons. The molecule has 3 aromatic rings. The zero-order valence-electron chi connectivity index (χ0n) is 13.4. The van der Waals surface area contributed by atoms with Crippen molar-refractivity contribution < 1.29 is 14.0 Å². The number of nitrogens with one attached hydrogen (secondary N) is 3. The molecule has 0 aliphatic heterocycles. The summed E-state index contributed by atoms with van der Waals surface area (Å²) in [6.45, 7) is -0.141. The summed E-state index contributed by atoms with van der Waals surface area (Å²) >= 11 is 0. The van der Waals surface area contributed by atoms with Gasteiger partial charge in [0.05, 0.1) is 11.7 Å². The highest BCUT2D eigenvalue weighted by molar-refractivity contribution is 5.92. The van der Waals surface area contributed by atoms with E-state index in [0.717, 1.165) is 4.80 Å². The summed E-state index contributed by atoms with van der Waals surface area (Å²) in [5, 5.41) is 13.1. The van der Waals surface area contributed by atoms with Gasteiger partial charge in [0, 0.05) is 19.8 Å². The molecule has 0 aliphatic rings. The lowest BCUT2D eigenvalue weighted by Gasteiger charge is -2.09. The monoisotopic (exact) mass is 345 g/mol. The SMILES string of the molecule is CN(C)C(=O)Nc1cnn(CC(=O)Nc2ccc3oc(=O)[nH]c3c2)n1. The molecule has 0 bridgehead atoms. The predicted molar refractivity (Wildman–Crippen MR) is 88.2 cm³/mol. The van der Waals surface area contributed by atoms with E-state index in [1.165, 1.54) is 11.1 Å². The average Bonchev–Trinajstić information content (AvgIpc) is 3.11. The second kappa shape index (κ2) is 6.47. The van der Waals surface area contributed by atoms with Gasteiger partial charge in [-0.3, -0.25) is 15.1 Å². The van der Waals surface area contributed by atoms with Crippen molar-refractivity contribution in [2.45, 2.75) is 6.54 Å². The van der Waals surface area contributed by atoms with Crippen LogP contribution in [-0.4, -0.2) is 50.9 Å². The van der Waals surface area contributed by atoms with E-state index in [2.05, 4.69) is 25.8 Å². The van der Waals surface area contributed by atoms with Crippen molar-refractivity contribution in [2.24, 2.45) is 0 Å². The van der Waals surface area contributed by atoms with Crippen LogP contribution in [0.15, 0.2) is 33.6 Å². The van der Waals surface area contributed by atoms with Crippen LogP contribution >= 0.6 is 0 Å². The number of carbonyl (C=O) groups excluding carboxylic acids is 2. The summed E-state index contributed by atoms with van der Waals surface area (Å²) in [4.78, 5) is 39.7. The number of benzene rings is 1. The third kappa shape index (κ3) is 3.83. The van der Waals surface area contributed by atoms with Crippen molar-refractivity contribution in [2.75, 3.05) is 24.7 Å². The third-order valence-corrected chi connectivity index (χ3v) is 3.17. The maximum absolute atomic E-state index is 12.1. The Morgan fingerprint density at radius 3 is 2.88 bits per heavy atom. The largest absolute Gasteiger partial charge is 0.417 e. The number of rotatable bonds is 4. The number of carbonyl (C=O) groups is 2. The highest BCUT2D eigenvalue weighted by Gasteiger charge is 2.10. The summed E-state index contributed by atoms with van der Waals surface area (Å²) in [5.41, 5.74) is 1.37. The summed E-state index contributed by atoms with van der Waals surface area (Å²) in [6.07, 6.45) is 1.34. The van der Waals surface area contributed by atoms with Gasteiger partial charge in [0.2, 0.25) is 5.91 Å². The molecule has 25 heavy (non-hydrogen) atoms. The fraction of sp³-hybridized carbons (Fsp3) is 0.214. The molecule has 11 heteroatoms. The molecule has 0 unspecified atom stereocenters. The van der Waals surface area contributed by atoms with Gasteiger partial charge in [-0.15, -0.1) is 5.10 Å². The molecule has 2 aromatic heterocycles. The van der Waals surface area contributed by atoms with Gasteiger partial charge in [0.25, 0.3) is 0 Å². The molecule has 0 saturated carbocycles.